The minimum Gasteiger partial charge on any atom is -0.497 e. The minimum absolute atomic E-state index is 0.00191. The molecular weight excluding hydrogens is 418 g/mol. The number of rotatable bonds is 9. The molecule has 29 heavy (non-hydrogen) atoms. The van der Waals surface area contributed by atoms with Crippen LogP contribution in [0.2, 0.25) is 0 Å². The zero-order valence-electron chi connectivity index (χ0n) is 16.2. The summed E-state index contributed by atoms with van der Waals surface area (Å²) in [5.74, 6) is -1.03. The summed E-state index contributed by atoms with van der Waals surface area (Å²) < 4.78 is 37.6. The highest BCUT2D eigenvalue weighted by Crippen LogP contribution is 2.19. The van der Waals surface area contributed by atoms with Gasteiger partial charge in [-0.05, 0) is 50.2 Å². The van der Waals surface area contributed by atoms with E-state index in [2.05, 4.69) is 4.72 Å². The van der Waals surface area contributed by atoms with Crippen LogP contribution in [0.15, 0.2) is 53.4 Å². The molecule has 0 aliphatic carbocycles. The number of halogens is 1. The predicted octanol–water partition coefficient (Wildman–Crippen LogP) is 2.70. The van der Waals surface area contributed by atoms with Gasteiger partial charge in [0, 0.05) is 5.56 Å². The molecule has 2 aromatic rings. The lowest BCUT2D eigenvalue weighted by atomic mass is 10.0. The molecular formula is C20H22ClNO6S. The van der Waals surface area contributed by atoms with Crippen molar-refractivity contribution in [3.05, 3.63) is 59.7 Å². The highest BCUT2D eigenvalue weighted by atomic mass is 35.5. The van der Waals surface area contributed by atoms with E-state index in [0.717, 1.165) is 5.56 Å². The number of methoxy groups -OCH3 is 1. The van der Waals surface area contributed by atoms with E-state index in [0.29, 0.717) is 5.75 Å². The van der Waals surface area contributed by atoms with Gasteiger partial charge in [-0.15, -0.1) is 11.6 Å². The third-order valence-corrected chi connectivity index (χ3v) is 5.98. The Morgan fingerprint density at radius 2 is 1.66 bits per heavy atom. The van der Waals surface area contributed by atoms with Crippen molar-refractivity contribution in [3.63, 3.8) is 0 Å². The van der Waals surface area contributed by atoms with Gasteiger partial charge in [-0.3, -0.25) is 9.59 Å². The van der Waals surface area contributed by atoms with E-state index in [1.54, 1.807) is 31.2 Å². The molecule has 0 saturated heterocycles. The number of sulfonamides is 1. The van der Waals surface area contributed by atoms with E-state index < -0.39 is 33.2 Å². The topological polar surface area (TPSA) is 98.8 Å². The second kappa shape index (κ2) is 9.87. The molecule has 2 unspecified atom stereocenters. The van der Waals surface area contributed by atoms with Crippen molar-refractivity contribution in [2.24, 2.45) is 0 Å². The molecule has 0 radical (unpaired) electrons. The van der Waals surface area contributed by atoms with Gasteiger partial charge < -0.3 is 9.47 Å². The third-order valence-electron chi connectivity index (χ3n) is 4.07. The summed E-state index contributed by atoms with van der Waals surface area (Å²) in [5.41, 5.74) is 1.07. The Kier molecular flexibility index (Phi) is 7.78. The van der Waals surface area contributed by atoms with Crippen molar-refractivity contribution in [2.45, 2.75) is 30.2 Å². The third kappa shape index (κ3) is 5.79. The van der Waals surface area contributed by atoms with Crippen molar-refractivity contribution < 1.29 is 27.5 Å². The number of ketones is 1. The fourth-order valence-electron chi connectivity index (χ4n) is 2.48. The summed E-state index contributed by atoms with van der Waals surface area (Å²) in [7, 11) is -2.63. The molecule has 0 saturated carbocycles. The van der Waals surface area contributed by atoms with Crippen molar-refractivity contribution in [1.29, 1.82) is 0 Å². The smallest absolute Gasteiger partial charge is 0.326 e. The Morgan fingerprint density at radius 1 is 1.07 bits per heavy atom. The number of esters is 1. The van der Waals surface area contributed by atoms with E-state index in [1.165, 1.54) is 31.4 Å². The van der Waals surface area contributed by atoms with Gasteiger partial charge in [0.1, 0.15) is 17.2 Å². The van der Waals surface area contributed by atoms with Crippen LogP contribution < -0.4 is 9.46 Å². The number of Topliss-reactive ketones (excluding diaryl/α,β-unsaturated/α-hetero) is 1. The van der Waals surface area contributed by atoms with Crippen molar-refractivity contribution in [2.75, 3.05) is 13.7 Å². The molecule has 0 aromatic heterocycles. The van der Waals surface area contributed by atoms with Gasteiger partial charge >= 0.3 is 5.97 Å². The summed E-state index contributed by atoms with van der Waals surface area (Å²) in [4.78, 5) is 25.1. The number of carbonyl (C=O) groups is 2. The Hall–Kier alpha value is -2.42. The highest BCUT2D eigenvalue weighted by Gasteiger charge is 2.37. The number of ether oxygens (including phenoxy) is 2. The molecule has 156 valence electrons. The number of benzene rings is 2. The number of hydrogen-bond donors (Lipinski definition) is 1. The van der Waals surface area contributed by atoms with Crippen molar-refractivity contribution in [1.82, 2.24) is 4.72 Å². The van der Waals surface area contributed by atoms with Crippen LogP contribution in [0.3, 0.4) is 0 Å². The number of aryl methyl sites for hydroxylation is 1. The van der Waals surface area contributed by atoms with E-state index in [4.69, 9.17) is 21.1 Å². The largest absolute Gasteiger partial charge is 0.497 e. The standard InChI is InChI=1S/C20H22ClNO6S/c1-4-28-20(24)18(22-29(25,26)16-11-5-13(2)6-12-16)17(21)19(23)14-7-9-15(27-3)10-8-14/h5-12,17-18,22H,4H2,1-3H3. The van der Waals surface area contributed by atoms with Gasteiger partial charge in [0.25, 0.3) is 0 Å². The second-order valence-corrected chi connectivity index (χ2v) is 8.34. The molecule has 2 rings (SSSR count). The number of nitrogens with one attached hydrogen (secondary N) is 1. The zero-order chi connectivity index (χ0) is 21.6. The molecule has 0 bridgehead atoms. The lowest BCUT2D eigenvalue weighted by Gasteiger charge is -2.21. The van der Waals surface area contributed by atoms with Gasteiger partial charge in [-0.1, -0.05) is 17.7 Å². The van der Waals surface area contributed by atoms with E-state index in [9.17, 15) is 18.0 Å². The monoisotopic (exact) mass is 439 g/mol. The summed E-state index contributed by atoms with van der Waals surface area (Å²) in [5, 5.41) is -1.51. The highest BCUT2D eigenvalue weighted by molar-refractivity contribution is 7.89. The fraction of sp³-hybridized carbons (Fsp3) is 0.300. The number of carbonyl (C=O) groups excluding carboxylic acids is 2. The molecule has 0 heterocycles. The van der Waals surface area contributed by atoms with E-state index in [-0.39, 0.29) is 17.1 Å². The molecule has 0 spiro atoms. The van der Waals surface area contributed by atoms with Crippen LogP contribution in [0, 0.1) is 6.92 Å². The maximum atomic E-state index is 12.7. The average Bonchev–Trinajstić information content (AvgIpc) is 2.71. The minimum atomic E-state index is -4.12. The van der Waals surface area contributed by atoms with Crippen LogP contribution in [0.1, 0.15) is 22.8 Å². The lowest BCUT2D eigenvalue weighted by Crippen LogP contribution is -2.50. The first kappa shape index (κ1) is 22.9. The van der Waals surface area contributed by atoms with Crippen LogP contribution >= 0.6 is 11.6 Å². The molecule has 0 aliphatic rings. The van der Waals surface area contributed by atoms with Gasteiger partial charge in [-0.2, -0.15) is 4.72 Å². The first-order valence-corrected chi connectivity index (χ1v) is 10.7. The van der Waals surface area contributed by atoms with E-state index >= 15 is 0 Å². The van der Waals surface area contributed by atoms with Crippen LogP contribution in [0.25, 0.3) is 0 Å². The van der Waals surface area contributed by atoms with Gasteiger partial charge in [0.2, 0.25) is 10.0 Å². The van der Waals surface area contributed by atoms with Crippen LogP contribution in [-0.2, 0) is 19.6 Å². The Bertz CT molecular complexity index is 957. The van der Waals surface area contributed by atoms with Gasteiger partial charge in [0.05, 0.1) is 18.6 Å². The summed E-state index contributed by atoms with van der Waals surface area (Å²) in [6.45, 7) is 3.38. The van der Waals surface area contributed by atoms with Gasteiger partial charge in [-0.25, -0.2) is 8.42 Å². The summed E-state index contributed by atoms with van der Waals surface area (Å²) >= 11 is 6.25. The summed E-state index contributed by atoms with van der Waals surface area (Å²) in [6.07, 6.45) is 0. The average molecular weight is 440 g/mol. The molecule has 2 atom stereocenters. The molecule has 2 aromatic carbocycles. The maximum Gasteiger partial charge on any atom is 0.326 e. The number of alkyl halides is 1. The zero-order valence-corrected chi connectivity index (χ0v) is 17.8. The quantitative estimate of drug-likeness (QED) is 0.366. The Balaban J connectivity index is 2.32. The molecule has 1 N–H and O–H groups in total. The van der Waals surface area contributed by atoms with Crippen LogP contribution in [-0.4, -0.2) is 45.3 Å². The fourth-order valence-corrected chi connectivity index (χ4v) is 4.04. The van der Waals surface area contributed by atoms with Crippen LogP contribution in [0.5, 0.6) is 5.75 Å². The van der Waals surface area contributed by atoms with E-state index in [1.807, 2.05) is 6.92 Å². The first-order chi connectivity index (χ1) is 13.7. The Morgan fingerprint density at radius 3 is 2.17 bits per heavy atom. The molecule has 0 amide bonds. The normalized spacial score (nSPS) is 13.4. The van der Waals surface area contributed by atoms with Crippen LogP contribution in [0.4, 0.5) is 0 Å². The molecule has 7 nitrogen and oxygen atoms in total. The van der Waals surface area contributed by atoms with Crippen molar-refractivity contribution >= 4 is 33.4 Å². The second-order valence-electron chi connectivity index (χ2n) is 6.16. The lowest BCUT2D eigenvalue weighted by molar-refractivity contribution is -0.144. The van der Waals surface area contributed by atoms with Gasteiger partial charge in [0.15, 0.2) is 5.78 Å². The molecule has 9 heteroatoms. The molecule has 0 fully saturated rings. The SMILES string of the molecule is CCOC(=O)C(NS(=O)(=O)c1ccc(C)cc1)C(Cl)C(=O)c1ccc(OC)cc1. The predicted molar refractivity (Wildman–Crippen MR) is 109 cm³/mol. The molecule has 0 aliphatic heterocycles. The number of hydrogen-bond acceptors (Lipinski definition) is 6. The Labute approximate surface area is 175 Å². The van der Waals surface area contributed by atoms with Crippen molar-refractivity contribution in [3.8, 4) is 5.75 Å². The first-order valence-electron chi connectivity index (χ1n) is 8.77. The maximum absolute atomic E-state index is 12.7. The summed E-state index contributed by atoms with van der Waals surface area (Å²) in [6, 6.07) is 10.5.